The Labute approximate surface area is 86.3 Å². The third-order valence-corrected chi connectivity index (χ3v) is 2.11. The molecule has 86 valence electrons. The average molecular weight is 238 g/mol. The molecule has 2 aliphatic heterocycles. The van der Waals surface area contributed by atoms with E-state index in [1.165, 1.54) is 0 Å². The van der Waals surface area contributed by atoms with E-state index in [2.05, 4.69) is 10.2 Å². The maximum Gasteiger partial charge on any atom is 0.419 e. The molecule has 0 atom stereocenters. The van der Waals surface area contributed by atoms with Crippen LogP contribution in [0, 0.1) is 0 Å². The Morgan fingerprint density at radius 1 is 1.25 bits per heavy atom. The number of nitrogens with zero attached hydrogens (tertiary/aromatic N) is 3. The zero-order valence-corrected chi connectivity index (χ0v) is 7.67. The Morgan fingerprint density at radius 2 is 1.94 bits per heavy atom. The Kier molecular flexibility index (Phi) is 2.36. The molecule has 0 saturated heterocycles. The van der Waals surface area contributed by atoms with Crippen LogP contribution in [0.15, 0.2) is 33.9 Å². The summed E-state index contributed by atoms with van der Waals surface area (Å²) in [5.41, 5.74) is -0.964. The van der Waals surface area contributed by atoms with Crippen molar-refractivity contribution in [1.82, 2.24) is 0 Å². The lowest BCUT2D eigenvalue weighted by atomic mass is 10.1. The first-order chi connectivity index (χ1) is 7.41. The predicted molar refractivity (Wildman–Crippen MR) is 43.0 cm³/mol. The molecule has 2 aliphatic rings. The Balaban J connectivity index is 2.53. The lowest BCUT2D eigenvalue weighted by Crippen LogP contribution is -2.23. The van der Waals surface area contributed by atoms with Gasteiger partial charge in [-0.2, -0.15) is 26.5 Å². The summed E-state index contributed by atoms with van der Waals surface area (Å²) >= 11 is 0. The summed E-state index contributed by atoms with van der Waals surface area (Å²) in [6.45, 7) is 0. The van der Waals surface area contributed by atoms with Crippen LogP contribution in [0.25, 0.3) is 0 Å². The molecule has 0 spiro atoms. The van der Waals surface area contributed by atoms with Gasteiger partial charge in [-0.15, -0.1) is 0 Å². The first-order valence-electron chi connectivity index (χ1n) is 4.24. The summed E-state index contributed by atoms with van der Waals surface area (Å²) in [6, 6.07) is 0. The molecular weight excluding hydrogens is 233 g/mol. The van der Waals surface area contributed by atoms with Crippen molar-refractivity contribution in [3.63, 3.8) is 0 Å². The predicted octanol–water partition coefficient (Wildman–Crippen LogP) is 2.82. The zero-order valence-electron chi connectivity index (χ0n) is 7.67. The van der Waals surface area contributed by atoms with Crippen LogP contribution in [0.5, 0.6) is 0 Å². The molecule has 2 heterocycles. The van der Waals surface area contributed by atoms with Crippen LogP contribution in [0.3, 0.4) is 0 Å². The minimum Gasteiger partial charge on any atom is -0.198 e. The lowest BCUT2D eigenvalue weighted by Gasteiger charge is -2.12. The highest BCUT2D eigenvalue weighted by atomic mass is 19.4. The number of allylic oxidation sites excluding steroid dienone is 2. The van der Waals surface area contributed by atoms with E-state index in [0.29, 0.717) is 4.58 Å². The first kappa shape index (κ1) is 10.9. The summed E-state index contributed by atoms with van der Waals surface area (Å²) < 4.78 is 62.9. The van der Waals surface area contributed by atoms with Crippen LogP contribution < -0.4 is 0 Å². The second-order valence-electron chi connectivity index (χ2n) is 3.12. The van der Waals surface area contributed by atoms with Gasteiger partial charge < -0.3 is 0 Å². The van der Waals surface area contributed by atoms with Crippen molar-refractivity contribution in [1.29, 1.82) is 0 Å². The molecule has 0 aromatic heterocycles. The molecule has 0 bridgehead atoms. The highest BCUT2D eigenvalue weighted by Crippen LogP contribution is 2.35. The standard InChI is InChI=1S/C8H5F5N3/c9-5(10)7-15-14-6-4(8(11,12)13)2-1-3-16(6)7/h1,3,5H,2H2/q+1. The van der Waals surface area contributed by atoms with Gasteiger partial charge in [0, 0.05) is 6.42 Å². The van der Waals surface area contributed by atoms with Crippen LogP contribution in [-0.2, 0) is 0 Å². The maximum atomic E-state index is 12.5. The maximum absolute atomic E-state index is 12.5. The number of hydrogen-bond donors (Lipinski definition) is 0. The van der Waals surface area contributed by atoms with Gasteiger partial charge in [0.05, 0.1) is 16.4 Å². The monoisotopic (exact) mass is 238 g/mol. The Bertz CT molecular complexity index is 441. The molecule has 0 N–H and O–H groups in total. The third kappa shape index (κ3) is 1.63. The van der Waals surface area contributed by atoms with Crippen molar-refractivity contribution in [2.24, 2.45) is 10.2 Å². The van der Waals surface area contributed by atoms with Gasteiger partial charge in [0.2, 0.25) is 0 Å². The van der Waals surface area contributed by atoms with Crippen LogP contribution in [-0.4, -0.2) is 23.0 Å². The second-order valence-corrected chi connectivity index (χ2v) is 3.12. The Hall–Kier alpha value is -1.60. The molecule has 0 fully saturated rings. The number of amidine groups is 1. The smallest absolute Gasteiger partial charge is 0.198 e. The van der Waals surface area contributed by atoms with Crippen molar-refractivity contribution in [2.75, 3.05) is 0 Å². The fourth-order valence-electron chi connectivity index (χ4n) is 1.41. The van der Waals surface area contributed by atoms with Crippen LogP contribution in [0.1, 0.15) is 6.42 Å². The molecule has 0 radical (unpaired) electrons. The molecule has 16 heavy (non-hydrogen) atoms. The summed E-state index contributed by atoms with van der Waals surface area (Å²) in [5.74, 6) is -1.35. The quantitative estimate of drug-likeness (QED) is 0.496. The van der Waals surface area contributed by atoms with Crippen LogP contribution in [0.2, 0.25) is 0 Å². The number of azo groups is 1. The summed E-state index contributed by atoms with van der Waals surface area (Å²) in [4.78, 5) is 0. The van der Waals surface area contributed by atoms with Gasteiger partial charge in [-0.05, 0) is 6.08 Å². The molecular formula is C8H5F5N3+. The van der Waals surface area contributed by atoms with Crippen molar-refractivity contribution >= 4 is 5.84 Å². The summed E-state index contributed by atoms with van der Waals surface area (Å²) in [7, 11) is 0. The fourth-order valence-corrected chi connectivity index (χ4v) is 1.41. The molecule has 2 rings (SSSR count). The van der Waals surface area contributed by atoms with E-state index in [1.54, 1.807) is 0 Å². The van der Waals surface area contributed by atoms with Crippen molar-refractivity contribution < 1.29 is 26.5 Å². The average Bonchev–Trinajstić information content (AvgIpc) is 2.58. The number of fused-ring (bicyclic) bond motifs is 1. The van der Waals surface area contributed by atoms with Gasteiger partial charge in [0.1, 0.15) is 5.57 Å². The number of hydrogen-bond acceptors (Lipinski definition) is 2. The molecule has 0 amide bonds. The minimum atomic E-state index is -4.59. The van der Waals surface area contributed by atoms with E-state index < -0.39 is 29.8 Å². The highest BCUT2D eigenvalue weighted by molar-refractivity contribution is 5.82. The Morgan fingerprint density at radius 3 is 2.50 bits per heavy atom. The SMILES string of the molecule is FC(F)C1=[N+]2C=CCC(C(F)(F)F)=C2N=N1. The zero-order chi connectivity index (χ0) is 11.9. The molecule has 0 aliphatic carbocycles. The molecule has 0 unspecified atom stereocenters. The van der Waals surface area contributed by atoms with Gasteiger partial charge in [-0.1, -0.05) is 0 Å². The summed E-state index contributed by atoms with van der Waals surface area (Å²) in [6.07, 6.45) is -5.67. The number of halogens is 5. The van der Waals surface area contributed by atoms with Crippen molar-refractivity contribution in [3.05, 3.63) is 23.7 Å². The van der Waals surface area contributed by atoms with E-state index in [1.807, 2.05) is 0 Å². The molecule has 0 aromatic rings. The summed E-state index contributed by atoms with van der Waals surface area (Å²) in [5, 5.41) is 6.20. The number of rotatable bonds is 1. The van der Waals surface area contributed by atoms with Gasteiger partial charge in [0.25, 0.3) is 0 Å². The van der Waals surface area contributed by atoms with Gasteiger partial charge in [-0.25, -0.2) is 0 Å². The largest absolute Gasteiger partial charge is 0.419 e. The number of alkyl halides is 5. The molecule has 8 heteroatoms. The fraction of sp³-hybridized carbons (Fsp3) is 0.375. The third-order valence-electron chi connectivity index (χ3n) is 2.11. The van der Waals surface area contributed by atoms with Gasteiger partial charge in [0.15, 0.2) is 0 Å². The van der Waals surface area contributed by atoms with E-state index in [4.69, 9.17) is 0 Å². The molecule has 0 saturated carbocycles. The second kappa shape index (κ2) is 3.46. The van der Waals surface area contributed by atoms with Gasteiger partial charge in [-0.3, -0.25) is 0 Å². The van der Waals surface area contributed by atoms with E-state index in [0.717, 1.165) is 12.3 Å². The molecule has 0 aromatic carbocycles. The minimum absolute atomic E-state index is 0.384. The van der Waals surface area contributed by atoms with E-state index in [9.17, 15) is 22.0 Å². The topological polar surface area (TPSA) is 27.7 Å². The first-order valence-corrected chi connectivity index (χ1v) is 4.24. The van der Waals surface area contributed by atoms with E-state index in [-0.39, 0.29) is 6.42 Å². The van der Waals surface area contributed by atoms with Gasteiger partial charge >= 0.3 is 24.3 Å². The normalized spacial score (nSPS) is 20.1. The van der Waals surface area contributed by atoms with Crippen LogP contribution >= 0.6 is 0 Å². The highest BCUT2D eigenvalue weighted by Gasteiger charge is 2.45. The molecule has 3 nitrogen and oxygen atoms in total. The van der Waals surface area contributed by atoms with E-state index >= 15 is 0 Å². The lowest BCUT2D eigenvalue weighted by molar-refractivity contribution is -0.407. The van der Waals surface area contributed by atoms with Crippen LogP contribution in [0.4, 0.5) is 22.0 Å². The van der Waals surface area contributed by atoms with Crippen molar-refractivity contribution in [3.8, 4) is 0 Å². The van der Waals surface area contributed by atoms with Crippen molar-refractivity contribution in [2.45, 2.75) is 19.0 Å².